The van der Waals surface area contributed by atoms with E-state index < -0.39 is 0 Å². The van der Waals surface area contributed by atoms with E-state index in [9.17, 15) is 0 Å². The third-order valence-corrected chi connectivity index (χ3v) is 0. The molecule has 0 atom stereocenters. The predicted molar refractivity (Wildman–Crippen MR) is 1.37 cm³/mol. The van der Waals surface area contributed by atoms with Crippen molar-refractivity contribution in [1.29, 1.82) is 0 Å². The summed E-state index contributed by atoms with van der Waals surface area (Å²) < 4.78 is 16.1. The van der Waals surface area contributed by atoms with Crippen LogP contribution in [-0.2, 0) is 43.0 Å². The Morgan fingerprint density at radius 1 is 1.25 bits per heavy atom. The molecular formula is CuO2W. The van der Waals surface area contributed by atoms with Crippen LogP contribution in [-0.4, -0.2) is 0 Å². The maximum atomic E-state index is 8.33. The van der Waals surface area contributed by atoms with E-state index in [4.69, 9.17) is 7.23 Å². The normalized spacial score (nSPS) is 2.50. The zero-order chi connectivity index (χ0) is 4.00. The summed E-state index contributed by atoms with van der Waals surface area (Å²) in [6.45, 7) is 0. The van der Waals surface area contributed by atoms with Crippen molar-refractivity contribution in [1.82, 2.24) is 0 Å². The van der Waals surface area contributed by atoms with E-state index in [1.165, 1.54) is 0 Å². The van der Waals surface area contributed by atoms with Crippen LogP contribution in [0.5, 0.6) is 0 Å². The standard InChI is InChI=1S/Cu.2O.W. The molecule has 4 heavy (non-hydrogen) atoms. The van der Waals surface area contributed by atoms with E-state index in [0.29, 0.717) is 19.8 Å². The van der Waals surface area contributed by atoms with Crippen LogP contribution in [0.25, 0.3) is 0 Å². The van der Waals surface area contributed by atoms with Gasteiger partial charge in [-0.05, 0) is 0 Å². The molecule has 0 heterocycles. The number of hydrogen-bond acceptors (Lipinski definition) is 2. The summed E-state index contributed by atoms with van der Waals surface area (Å²) in [5.41, 5.74) is 0. The molecule has 0 unspecified atom stereocenters. The zero-order valence-electron chi connectivity index (χ0n) is 1.53. The minimum absolute atomic E-state index is 0.333. The van der Waals surface area contributed by atoms with Crippen molar-refractivity contribution in [3.63, 3.8) is 0 Å². The Hall–Kier alpha value is 0.808. The van der Waals surface area contributed by atoms with Crippen molar-refractivity contribution in [3.05, 3.63) is 0 Å². The molecular weight excluding hydrogens is 279 g/mol. The molecule has 0 amide bonds. The van der Waals surface area contributed by atoms with Gasteiger partial charge in [-0.15, -0.1) is 0 Å². The van der Waals surface area contributed by atoms with Crippen molar-refractivity contribution < 1.29 is 43.0 Å². The molecule has 0 aromatic carbocycles. The van der Waals surface area contributed by atoms with Gasteiger partial charge >= 0.3 is 43.0 Å². The molecule has 4 heteroatoms. The Kier molecular flexibility index (Phi) is 102. The van der Waals surface area contributed by atoms with Gasteiger partial charge in [0, 0.05) is 0 Å². The van der Waals surface area contributed by atoms with Gasteiger partial charge in [-0.2, -0.15) is 0 Å². The van der Waals surface area contributed by atoms with Gasteiger partial charge in [0.25, 0.3) is 0 Å². The van der Waals surface area contributed by atoms with Crippen LogP contribution in [0.15, 0.2) is 0 Å². The average Bonchev–Trinajstić information content (AvgIpc) is 1.50. The Bertz CT molecular complexity index is 8.00. The van der Waals surface area contributed by atoms with Gasteiger partial charge in [0.2, 0.25) is 0 Å². The molecule has 0 aliphatic carbocycles. The second-order valence-corrected chi connectivity index (χ2v) is 0. The Morgan fingerprint density at radius 2 is 1.25 bits per heavy atom. The van der Waals surface area contributed by atoms with E-state index in [1.807, 2.05) is 0 Å². The molecule has 0 aliphatic rings. The second kappa shape index (κ2) is 46.0. The van der Waals surface area contributed by atoms with Crippen molar-refractivity contribution >= 4 is 0 Å². The van der Waals surface area contributed by atoms with Crippen molar-refractivity contribution in [2.24, 2.45) is 0 Å². The molecule has 0 aromatic heterocycles. The molecule has 0 bridgehead atoms. The summed E-state index contributed by atoms with van der Waals surface area (Å²) in [5, 5.41) is 0. The SMILES string of the molecule is [O]=[Cu].[O]=[W]. The van der Waals surface area contributed by atoms with Crippen LogP contribution in [0.1, 0.15) is 0 Å². The first-order valence-electron chi connectivity index (χ1n) is 0.290. The predicted octanol–water partition coefficient (Wildman–Crippen LogP) is -0.243. The molecule has 0 spiro atoms. The zero-order valence-corrected chi connectivity index (χ0v) is 5.40. The Labute approximate surface area is 43.2 Å². The summed E-state index contributed by atoms with van der Waals surface area (Å²) in [6, 6.07) is 0. The third-order valence-electron chi connectivity index (χ3n) is 0. The van der Waals surface area contributed by atoms with E-state index in [0.717, 1.165) is 0 Å². The van der Waals surface area contributed by atoms with Gasteiger partial charge in [0.1, 0.15) is 0 Å². The molecule has 0 aromatic rings. The van der Waals surface area contributed by atoms with Gasteiger partial charge in [-0.25, -0.2) is 0 Å². The minimum atomic E-state index is 0.333. The fourth-order valence-corrected chi connectivity index (χ4v) is 0. The van der Waals surface area contributed by atoms with Crippen LogP contribution in [0.2, 0.25) is 0 Å². The molecule has 29 valence electrons. The van der Waals surface area contributed by atoms with E-state index in [1.54, 1.807) is 0 Å². The van der Waals surface area contributed by atoms with E-state index in [-0.39, 0.29) is 0 Å². The molecule has 0 aliphatic heterocycles. The number of hydrogen-bond donors (Lipinski definition) is 0. The van der Waals surface area contributed by atoms with Gasteiger partial charge in [-0.3, -0.25) is 0 Å². The topological polar surface area (TPSA) is 34.1 Å². The second-order valence-electron chi connectivity index (χ2n) is 0. The molecule has 0 saturated carbocycles. The van der Waals surface area contributed by atoms with Gasteiger partial charge < -0.3 is 0 Å². The van der Waals surface area contributed by atoms with Crippen LogP contribution >= 0.6 is 0 Å². The first-order chi connectivity index (χ1) is 2.00. The summed E-state index contributed by atoms with van der Waals surface area (Å²) in [5.74, 6) is 0. The Balaban J connectivity index is 0. The van der Waals surface area contributed by atoms with Crippen LogP contribution < -0.4 is 0 Å². The molecule has 2 nitrogen and oxygen atoms in total. The van der Waals surface area contributed by atoms with E-state index in [2.05, 4.69) is 15.9 Å². The molecule has 0 fully saturated rings. The summed E-state index contributed by atoms with van der Waals surface area (Å²) in [6.07, 6.45) is 0. The maximum absolute atomic E-state index is 8.33. The van der Waals surface area contributed by atoms with Crippen molar-refractivity contribution in [2.75, 3.05) is 0 Å². The first kappa shape index (κ1) is 8.84. The third kappa shape index (κ3) is 14.1. The van der Waals surface area contributed by atoms with Crippen LogP contribution in [0.4, 0.5) is 0 Å². The van der Waals surface area contributed by atoms with Crippen molar-refractivity contribution in [3.8, 4) is 0 Å². The van der Waals surface area contributed by atoms with Crippen LogP contribution in [0.3, 0.4) is 0 Å². The van der Waals surface area contributed by atoms with Crippen molar-refractivity contribution in [2.45, 2.75) is 0 Å². The number of rotatable bonds is 0. The molecule has 0 radical (unpaired) electrons. The van der Waals surface area contributed by atoms with E-state index >= 15 is 0 Å². The van der Waals surface area contributed by atoms with Gasteiger partial charge in [0.15, 0.2) is 0 Å². The monoisotopic (exact) mass is 279 g/mol. The Morgan fingerprint density at radius 3 is 1.25 bits per heavy atom. The fraction of sp³-hybridized carbons (Fsp3) is 0. The van der Waals surface area contributed by atoms with Crippen LogP contribution in [0, 0.1) is 0 Å². The molecule has 0 rings (SSSR count). The average molecular weight is 279 g/mol. The molecule has 0 N–H and O–H groups in total. The fourth-order valence-electron chi connectivity index (χ4n) is 0. The summed E-state index contributed by atoms with van der Waals surface area (Å²) in [7, 11) is 0. The van der Waals surface area contributed by atoms with Gasteiger partial charge in [-0.1, -0.05) is 0 Å². The van der Waals surface area contributed by atoms with Gasteiger partial charge in [0.05, 0.1) is 0 Å². The first-order valence-corrected chi connectivity index (χ1v) is 1.87. The quantitative estimate of drug-likeness (QED) is 0.574. The molecule has 0 saturated heterocycles. The summed E-state index contributed by atoms with van der Waals surface area (Å²) in [4.78, 5) is 0. The summed E-state index contributed by atoms with van der Waals surface area (Å²) >= 11 is 3.27.